The molecule has 2 aromatic rings. The molecule has 0 atom stereocenters. The third-order valence-corrected chi connectivity index (χ3v) is 1.11. The van der Waals surface area contributed by atoms with Gasteiger partial charge >= 0.3 is 6.01 Å². The first-order chi connectivity index (χ1) is 7.00. The van der Waals surface area contributed by atoms with E-state index < -0.39 is 12.2 Å². The van der Waals surface area contributed by atoms with Crippen molar-refractivity contribution in [1.82, 2.24) is 15.0 Å². The molecule has 0 unspecified atom stereocenters. The molecule has 1 N–H and O–H groups in total. The molecule has 2 heterocycles. The van der Waals surface area contributed by atoms with Crippen molar-refractivity contribution in [3.8, 4) is 6.01 Å². The Morgan fingerprint density at radius 2 is 2.36 bits per heavy atom. The highest BCUT2D eigenvalue weighted by Crippen LogP contribution is 2.09. The molecule has 11 heavy (non-hydrogen) atoms. The summed E-state index contributed by atoms with van der Waals surface area (Å²) in [4.78, 5) is 10.3. The molecule has 2 rings (SSSR count). The summed E-state index contributed by atoms with van der Waals surface area (Å²) in [6.07, 6.45) is -1.14. The Bertz CT molecular complexity index is 560. The zero-order valence-corrected chi connectivity index (χ0v) is 5.29. The second-order valence-corrected chi connectivity index (χ2v) is 1.82. The number of aromatic nitrogens is 3. The van der Waals surface area contributed by atoms with Gasteiger partial charge in [-0.15, -0.1) is 0 Å². The van der Waals surface area contributed by atoms with Gasteiger partial charge in [0.05, 0.1) is 17.2 Å². The van der Waals surface area contributed by atoms with Gasteiger partial charge in [0.25, 0.3) is 0 Å². The molecule has 0 bridgehead atoms. The molecule has 0 saturated carbocycles. The van der Waals surface area contributed by atoms with E-state index in [0.29, 0.717) is 0 Å². The normalized spacial score (nSPS) is 15.3. The summed E-state index contributed by atoms with van der Waals surface area (Å²) < 4.78 is 29.6. The van der Waals surface area contributed by atoms with E-state index in [1.165, 1.54) is 0 Å². The number of pyridine rings is 1. The van der Waals surface area contributed by atoms with Crippen molar-refractivity contribution in [2.45, 2.75) is 0 Å². The fraction of sp³-hybridized carbons (Fsp3) is 0. The van der Waals surface area contributed by atoms with E-state index in [4.69, 9.17) is 10.6 Å². The van der Waals surface area contributed by atoms with Crippen molar-refractivity contribution in [1.29, 1.82) is 0 Å². The third-order valence-electron chi connectivity index (χ3n) is 1.11. The summed E-state index contributed by atoms with van der Waals surface area (Å²) in [7, 11) is 0. The summed E-state index contributed by atoms with van der Waals surface area (Å²) in [6.45, 7) is 0. The van der Waals surface area contributed by atoms with Crippen LogP contribution in [-0.2, 0) is 0 Å². The Morgan fingerprint density at radius 3 is 3.27 bits per heavy atom. The molecule has 2 aromatic heterocycles. The lowest BCUT2D eigenvalue weighted by atomic mass is 10.3. The zero-order valence-electron chi connectivity index (χ0n) is 9.29. The van der Waals surface area contributed by atoms with Crippen LogP contribution < -0.4 is 0 Å². The molecule has 0 spiro atoms. The van der Waals surface area contributed by atoms with Gasteiger partial charge in [0.2, 0.25) is 0 Å². The largest absolute Gasteiger partial charge is 0.479 e. The summed E-state index contributed by atoms with van der Waals surface area (Å²) in [6, 6.07) is -0.953. The van der Waals surface area contributed by atoms with Crippen LogP contribution in [0.25, 0.3) is 10.9 Å². The maximum atomic E-state index is 9.03. The van der Waals surface area contributed by atoms with E-state index in [2.05, 4.69) is 15.0 Å². The highest BCUT2D eigenvalue weighted by Gasteiger charge is 1.94. The van der Waals surface area contributed by atoms with Crippen molar-refractivity contribution < 1.29 is 10.6 Å². The number of aromatic hydroxyl groups is 1. The molecule has 0 aliphatic heterocycles. The van der Waals surface area contributed by atoms with Crippen molar-refractivity contribution in [3.05, 3.63) is 24.6 Å². The quantitative estimate of drug-likeness (QED) is 0.603. The molecule has 0 fully saturated rings. The average molecular weight is 151 g/mol. The second kappa shape index (κ2) is 2.16. The van der Waals surface area contributed by atoms with Crippen LogP contribution in [0.15, 0.2) is 24.6 Å². The van der Waals surface area contributed by atoms with Crippen molar-refractivity contribution in [2.75, 3.05) is 0 Å². The smallest absolute Gasteiger partial charge is 0.314 e. The van der Waals surface area contributed by atoms with E-state index in [0.717, 1.165) is 0 Å². The maximum Gasteiger partial charge on any atom is 0.314 e. The molecule has 0 aliphatic rings. The number of hydrogen-bond donors (Lipinski definition) is 1. The Hall–Kier alpha value is -1.71. The van der Waals surface area contributed by atoms with E-state index in [-0.39, 0.29) is 29.3 Å². The van der Waals surface area contributed by atoms with Crippen LogP contribution in [0.1, 0.15) is 5.48 Å². The van der Waals surface area contributed by atoms with Gasteiger partial charge in [0.15, 0.2) is 0 Å². The first kappa shape index (κ1) is 3.13. The molecule has 0 aliphatic carbocycles. The van der Waals surface area contributed by atoms with Gasteiger partial charge in [0.1, 0.15) is 0 Å². The van der Waals surface area contributed by atoms with E-state index in [1.807, 2.05) is 0 Å². The van der Waals surface area contributed by atoms with Crippen LogP contribution >= 0.6 is 0 Å². The van der Waals surface area contributed by atoms with Crippen LogP contribution in [0.2, 0.25) is 0 Å². The minimum absolute atomic E-state index is 0.0437. The van der Waals surface area contributed by atoms with Gasteiger partial charge in [0, 0.05) is 17.7 Å². The topological polar surface area (TPSA) is 58.9 Å². The number of rotatable bonds is 0. The minimum Gasteiger partial charge on any atom is -0.479 e. The first-order valence-corrected chi connectivity index (χ1v) is 2.82. The van der Waals surface area contributed by atoms with Crippen LogP contribution in [0, 0.1) is 0 Å². The lowest BCUT2D eigenvalue weighted by Gasteiger charge is -1.93. The number of nitrogens with zero attached hydrogens (tertiary/aromatic N) is 3. The summed E-state index contributed by atoms with van der Waals surface area (Å²) in [5.74, 6) is 0. The number of hydrogen-bond acceptors (Lipinski definition) is 4. The lowest BCUT2D eigenvalue weighted by Crippen LogP contribution is -1.83. The maximum absolute atomic E-state index is 9.03. The average Bonchev–Trinajstić information content (AvgIpc) is 2.13. The molecule has 4 nitrogen and oxygen atoms in total. The van der Waals surface area contributed by atoms with E-state index >= 15 is 0 Å². The van der Waals surface area contributed by atoms with Gasteiger partial charge in [-0.2, -0.15) is 4.98 Å². The minimum atomic E-state index is -0.639. The predicted molar refractivity (Wildman–Crippen MR) is 39.0 cm³/mol. The summed E-state index contributed by atoms with van der Waals surface area (Å²) in [5.41, 5.74) is -0.0894. The standard InChI is InChI=1S/C7H5N3O/c11-7-9-3-5-1-2-8-4-6(5)10-7/h1-4H,(H,9,10,11)/i1D,2D,3D,4D. The first-order valence-electron chi connectivity index (χ1n) is 4.82. The molecular formula is C7H5N3O. The lowest BCUT2D eigenvalue weighted by molar-refractivity contribution is 0.433. The van der Waals surface area contributed by atoms with Crippen molar-refractivity contribution >= 4 is 10.9 Å². The molecule has 0 amide bonds. The Balaban J connectivity index is 3.03. The monoisotopic (exact) mass is 151 g/mol. The molecule has 54 valence electrons. The van der Waals surface area contributed by atoms with E-state index in [1.54, 1.807) is 0 Å². The zero-order chi connectivity index (χ0) is 11.2. The van der Waals surface area contributed by atoms with Crippen LogP contribution in [-0.4, -0.2) is 20.1 Å². The van der Waals surface area contributed by atoms with Gasteiger partial charge < -0.3 is 5.11 Å². The Labute approximate surface area is 68.2 Å². The Morgan fingerprint density at radius 1 is 1.45 bits per heavy atom. The fourth-order valence-corrected chi connectivity index (χ4v) is 0.673. The molecule has 0 radical (unpaired) electrons. The SMILES string of the molecule is [2H]c1nc([2H])c2nc(O)nc([2H])c2c1[2H]. The van der Waals surface area contributed by atoms with Gasteiger partial charge in [-0.1, -0.05) is 0 Å². The Kier molecular flexibility index (Phi) is 0.613. The highest BCUT2D eigenvalue weighted by molar-refractivity contribution is 5.76. The second-order valence-electron chi connectivity index (χ2n) is 1.82. The molecule has 0 aromatic carbocycles. The van der Waals surface area contributed by atoms with E-state index in [9.17, 15) is 0 Å². The van der Waals surface area contributed by atoms with Crippen molar-refractivity contribution in [3.63, 3.8) is 0 Å². The van der Waals surface area contributed by atoms with Gasteiger partial charge in [-0.3, -0.25) is 4.98 Å². The highest BCUT2D eigenvalue weighted by atomic mass is 16.3. The van der Waals surface area contributed by atoms with Crippen molar-refractivity contribution in [2.24, 2.45) is 0 Å². The molecule has 4 heteroatoms. The van der Waals surface area contributed by atoms with Crippen LogP contribution in [0.3, 0.4) is 0 Å². The summed E-state index contributed by atoms with van der Waals surface area (Å²) >= 11 is 0. The third kappa shape index (κ3) is 0.980. The van der Waals surface area contributed by atoms with Crippen LogP contribution in [0.4, 0.5) is 0 Å². The predicted octanol–water partition coefficient (Wildman–Crippen LogP) is 0.730. The number of fused-ring (bicyclic) bond motifs is 1. The van der Waals surface area contributed by atoms with Gasteiger partial charge in [-0.25, -0.2) is 4.98 Å². The molecule has 0 saturated heterocycles. The summed E-state index contributed by atoms with van der Waals surface area (Å²) in [5, 5.41) is 8.99. The van der Waals surface area contributed by atoms with Gasteiger partial charge in [-0.05, 0) is 6.04 Å². The fourth-order valence-electron chi connectivity index (χ4n) is 0.673. The molecular weight excluding hydrogens is 142 g/mol. The van der Waals surface area contributed by atoms with Crippen LogP contribution in [0.5, 0.6) is 6.01 Å².